The molecule has 20 heavy (non-hydrogen) atoms. The number of halogens is 1. The number of aliphatic hydroxyl groups is 1. The monoisotopic (exact) mass is 396 g/mol. The number of hydrogen-bond acceptors (Lipinski definition) is 4. The number of carbonyl (C=O) groups is 1. The van der Waals surface area contributed by atoms with E-state index in [1.807, 2.05) is 0 Å². The Morgan fingerprint density at radius 3 is 2.15 bits per heavy atom. The molecule has 0 aromatic heterocycles. The minimum atomic E-state index is -0.656. The summed E-state index contributed by atoms with van der Waals surface area (Å²) in [6, 6.07) is 0.0435. The second-order valence-corrected chi connectivity index (χ2v) is 6.26. The maximum Gasteiger partial charge on any atom is 0.321 e. The van der Waals surface area contributed by atoms with Crippen molar-refractivity contribution in [2.24, 2.45) is 5.92 Å². The first-order chi connectivity index (χ1) is 9.16. The van der Waals surface area contributed by atoms with Gasteiger partial charge in [0.2, 0.25) is 0 Å². The second kappa shape index (κ2) is 6.89. The summed E-state index contributed by atoms with van der Waals surface area (Å²) in [5.74, 6) is -0.280. The molecule has 1 saturated heterocycles. The van der Waals surface area contributed by atoms with Crippen LogP contribution in [-0.4, -0.2) is 70.3 Å². The average molecular weight is 396 g/mol. The van der Waals surface area contributed by atoms with Gasteiger partial charge >= 0.3 is 5.97 Å². The zero-order valence-electron chi connectivity index (χ0n) is 11.8. The van der Waals surface area contributed by atoms with E-state index in [2.05, 4.69) is 9.80 Å². The average Bonchev–Trinajstić information content (AvgIpc) is 3.12. The molecule has 0 spiro atoms. The first-order valence-corrected chi connectivity index (χ1v) is 7.56. The van der Waals surface area contributed by atoms with Gasteiger partial charge in [-0.1, -0.05) is 0 Å². The van der Waals surface area contributed by atoms with Crippen LogP contribution < -0.4 is 0 Å². The highest BCUT2D eigenvalue weighted by Gasteiger charge is 2.42. The molecule has 3 atom stereocenters. The van der Waals surface area contributed by atoms with Crippen molar-refractivity contribution in [3.63, 3.8) is 0 Å². The van der Waals surface area contributed by atoms with E-state index in [0.717, 1.165) is 58.3 Å². The molecule has 3 rings (SSSR count). The van der Waals surface area contributed by atoms with Gasteiger partial charge in [-0.25, -0.2) is 0 Å². The van der Waals surface area contributed by atoms with Crippen molar-refractivity contribution in [1.82, 2.24) is 9.80 Å². The van der Waals surface area contributed by atoms with Crippen molar-refractivity contribution >= 4 is 29.9 Å². The Balaban J connectivity index is 0.00000147. The van der Waals surface area contributed by atoms with Crippen LogP contribution in [0.25, 0.3) is 0 Å². The molecule has 0 aromatic carbocycles. The largest absolute Gasteiger partial charge is 0.480 e. The first kappa shape index (κ1) is 16.5. The van der Waals surface area contributed by atoms with Gasteiger partial charge in [-0.05, 0) is 38.0 Å². The van der Waals surface area contributed by atoms with Crippen molar-refractivity contribution in [2.75, 3.05) is 26.2 Å². The number of rotatable bonds is 4. The zero-order valence-corrected chi connectivity index (χ0v) is 14.1. The predicted molar refractivity (Wildman–Crippen MR) is 86.4 cm³/mol. The molecule has 0 aromatic rings. The molecule has 2 saturated carbocycles. The van der Waals surface area contributed by atoms with E-state index in [4.69, 9.17) is 0 Å². The predicted octanol–water partition coefficient (Wildman–Crippen LogP) is 0.999. The van der Waals surface area contributed by atoms with Gasteiger partial charge in [0.25, 0.3) is 0 Å². The second-order valence-electron chi connectivity index (χ2n) is 6.26. The number of carboxylic acids is 1. The van der Waals surface area contributed by atoms with Gasteiger partial charge in [0.05, 0.1) is 6.10 Å². The lowest BCUT2D eigenvalue weighted by Crippen LogP contribution is -2.56. The molecule has 2 N–H and O–H groups in total. The molecule has 3 aliphatic rings. The standard InChI is InChI=1S/C14H24N2O3.HI/c17-12-3-1-2-11(12)15-6-8-16(9-7-15)13(14(18)19)10-4-5-10;/h10-13,17H,1-9H2,(H,18,19);1H. The third-order valence-electron chi connectivity index (χ3n) is 4.98. The Bertz CT molecular complexity index is 343. The third kappa shape index (κ3) is 3.45. The molecule has 3 unspecified atom stereocenters. The van der Waals surface area contributed by atoms with E-state index < -0.39 is 5.97 Å². The molecule has 116 valence electrons. The first-order valence-electron chi connectivity index (χ1n) is 7.56. The molecular formula is C14H25IN2O3. The van der Waals surface area contributed by atoms with Crippen molar-refractivity contribution in [3.8, 4) is 0 Å². The molecule has 0 radical (unpaired) electrons. The van der Waals surface area contributed by atoms with E-state index in [-0.39, 0.29) is 36.1 Å². The van der Waals surface area contributed by atoms with E-state index in [0.29, 0.717) is 12.0 Å². The number of aliphatic hydroxyl groups excluding tert-OH is 1. The Morgan fingerprint density at radius 1 is 1.05 bits per heavy atom. The highest BCUT2D eigenvalue weighted by atomic mass is 127. The van der Waals surface area contributed by atoms with Crippen molar-refractivity contribution in [2.45, 2.75) is 50.3 Å². The highest BCUT2D eigenvalue weighted by molar-refractivity contribution is 14.0. The third-order valence-corrected chi connectivity index (χ3v) is 4.98. The van der Waals surface area contributed by atoms with Crippen LogP contribution in [0, 0.1) is 5.92 Å². The summed E-state index contributed by atoms with van der Waals surface area (Å²) in [5, 5.41) is 19.3. The van der Waals surface area contributed by atoms with Crippen LogP contribution in [0.1, 0.15) is 32.1 Å². The fourth-order valence-corrected chi connectivity index (χ4v) is 3.76. The fraction of sp³-hybridized carbons (Fsp3) is 0.929. The molecule has 3 fully saturated rings. The fourth-order valence-electron chi connectivity index (χ4n) is 3.76. The molecule has 6 heteroatoms. The number of carboxylic acid groups (broad SMARTS) is 1. The highest BCUT2D eigenvalue weighted by Crippen LogP contribution is 2.36. The Labute approximate surface area is 137 Å². The van der Waals surface area contributed by atoms with Crippen LogP contribution in [0.4, 0.5) is 0 Å². The maximum absolute atomic E-state index is 11.4. The van der Waals surface area contributed by atoms with E-state index in [1.165, 1.54) is 0 Å². The van der Waals surface area contributed by atoms with Gasteiger partial charge in [0.15, 0.2) is 0 Å². The van der Waals surface area contributed by atoms with Crippen LogP contribution in [0.2, 0.25) is 0 Å². The Morgan fingerprint density at radius 2 is 1.70 bits per heavy atom. The van der Waals surface area contributed by atoms with E-state index in [9.17, 15) is 15.0 Å². The Hall–Kier alpha value is 0.0800. The summed E-state index contributed by atoms with van der Waals surface area (Å²) >= 11 is 0. The van der Waals surface area contributed by atoms with Crippen molar-refractivity contribution < 1.29 is 15.0 Å². The lowest BCUT2D eigenvalue weighted by atomic mass is 10.1. The minimum absolute atomic E-state index is 0. The van der Waals surface area contributed by atoms with Crippen LogP contribution in [0.3, 0.4) is 0 Å². The normalized spacial score (nSPS) is 33.6. The van der Waals surface area contributed by atoms with Gasteiger partial charge in [-0.2, -0.15) is 0 Å². The number of hydrogen-bond donors (Lipinski definition) is 2. The zero-order chi connectivity index (χ0) is 13.4. The molecule has 1 heterocycles. The number of piperazine rings is 1. The lowest BCUT2D eigenvalue weighted by molar-refractivity contribution is -0.145. The smallest absolute Gasteiger partial charge is 0.321 e. The lowest BCUT2D eigenvalue weighted by Gasteiger charge is -2.41. The molecule has 1 aliphatic heterocycles. The quantitative estimate of drug-likeness (QED) is 0.695. The summed E-state index contributed by atoms with van der Waals surface area (Å²) in [6.07, 6.45) is 5.09. The van der Waals surface area contributed by atoms with Gasteiger partial charge in [-0.3, -0.25) is 14.6 Å². The summed E-state index contributed by atoms with van der Waals surface area (Å²) in [5.41, 5.74) is 0. The molecule has 2 aliphatic carbocycles. The van der Waals surface area contributed by atoms with E-state index >= 15 is 0 Å². The SMILES string of the molecule is I.O=C(O)C(C1CC1)N1CCN(C2CCCC2O)CC1. The van der Waals surface area contributed by atoms with Crippen LogP contribution in [-0.2, 0) is 4.79 Å². The topological polar surface area (TPSA) is 64.0 Å². The van der Waals surface area contributed by atoms with E-state index in [1.54, 1.807) is 0 Å². The minimum Gasteiger partial charge on any atom is -0.480 e. The van der Waals surface area contributed by atoms with Crippen molar-refractivity contribution in [1.29, 1.82) is 0 Å². The summed E-state index contributed by atoms with van der Waals surface area (Å²) < 4.78 is 0. The summed E-state index contributed by atoms with van der Waals surface area (Å²) in [6.45, 7) is 3.46. The summed E-state index contributed by atoms with van der Waals surface area (Å²) in [4.78, 5) is 15.9. The van der Waals surface area contributed by atoms with Gasteiger partial charge in [0, 0.05) is 32.2 Å². The maximum atomic E-state index is 11.4. The van der Waals surface area contributed by atoms with Gasteiger partial charge in [-0.15, -0.1) is 24.0 Å². The summed E-state index contributed by atoms with van der Waals surface area (Å²) in [7, 11) is 0. The van der Waals surface area contributed by atoms with Gasteiger partial charge in [0.1, 0.15) is 6.04 Å². The Kier molecular flexibility index (Phi) is 5.67. The van der Waals surface area contributed by atoms with Crippen LogP contribution in [0.15, 0.2) is 0 Å². The van der Waals surface area contributed by atoms with Gasteiger partial charge < -0.3 is 10.2 Å². The molecular weight excluding hydrogens is 371 g/mol. The van der Waals surface area contributed by atoms with Crippen LogP contribution in [0.5, 0.6) is 0 Å². The number of aliphatic carboxylic acids is 1. The molecule has 5 nitrogen and oxygen atoms in total. The van der Waals surface area contributed by atoms with Crippen molar-refractivity contribution in [3.05, 3.63) is 0 Å². The molecule has 0 amide bonds. The number of nitrogens with zero attached hydrogens (tertiary/aromatic N) is 2. The van der Waals surface area contributed by atoms with Crippen LogP contribution >= 0.6 is 24.0 Å². The molecule has 0 bridgehead atoms.